The van der Waals surface area contributed by atoms with E-state index >= 15 is 0 Å². The molecule has 1 aliphatic rings. The summed E-state index contributed by atoms with van der Waals surface area (Å²) in [4.78, 5) is 17.0. The van der Waals surface area contributed by atoms with Crippen LogP contribution in [0.25, 0.3) is 10.2 Å². The number of benzene rings is 2. The molecule has 1 fully saturated rings. The maximum Gasteiger partial charge on any atom is 0.271 e. The monoisotopic (exact) mass is 409 g/mol. The lowest BCUT2D eigenvalue weighted by molar-refractivity contribution is 0.0954. The van der Waals surface area contributed by atoms with E-state index in [0.717, 1.165) is 40.6 Å². The molecule has 1 atom stereocenters. The highest BCUT2D eigenvalue weighted by Crippen LogP contribution is 2.31. The molecule has 0 saturated heterocycles. The quantitative estimate of drug-likeness (QED) is 0.422. The number of nitrogens with zero attached hydrogens (tertiary/aromatic N) is 2. The fourth-order valence-corrected chi connectivity index (χ4v) is 5.39. The zero-order valence-electron chi connectivity index (χ0n) is 15.9. The Labute approximate surface area is 173 Å². The zero-order valence-corrected chi connectivity index (χ0v) is 17.5. The van der Waals surface area contributed by atoms with Crippen LogP contribution in [0.3, 0.4) is 0 Å². The molecule has 0 unspecified atom stereocenters. The van der Waals surface area contributed by atoms with E-state index < -0.39 is 0 Å². The number of carbonyl (C=O) groups is 1. The number of carbonyl (C=O) groups excluding carboxylic acids is 1. The lowest BCUT2D eigenvalue weighted by Gasteiger charge is -2.18. The van der Waals surface area contributed by atoms with Crippen molar-refractivity contribution in [3.63, 3.8) is 0 Å². The molecule has 28 heavy (non-hydrogen) atoms. The van der Waals surface area contributed by atoms with Crippen LogP contribution in [-0.4, -0.2) is 16.6 Å². The van der Waals surface area contributed by atoms with Crippen molar-refractivity contribution in [2.45, 2.75) is 42.7 Å². The third-order valence-electron chi connectivity index (χ3n) is 4.91. The van der Waals surface area contributed by atoms with Gasteiger partial charge in [-0.3, -0.25) is 4.79 Å². The summed E-state index contributed by atoms with van der Waals surface area (Å²) in [7, 11) is 0. The van der Waals surface area contributed by atoms with Crippen LogP contribution in [0.2, 0.25) is 0 Å². The summed E-state index contributed by atoms with van der Waals surface area (Å²) in [6.45, 7) is 2.24. The van der Waals surface area contributed by atoms with Crippen molar-refractivity contribution in [3.8, 4) is 0 Å². The first-order valence-electron chi connectivity index (χ1n) is 9.60. The van der Waals surface area contributed by atoms with Crippen LogP contribution >= 0.6 is 23.1 Å². The number of amides is 1. The molecule has 4 rings (SSSR count). The Morgan fingerprint density at radius 1 is 1.25 bits per heavy atom. The van der Waals surface area contributed by atoms with Crippen LogP contribution in [-0.2, 0) is 5.75 Å². The van der Waals surface area contributed by atoms with Gasteiger partial charge >= 0.3 is 0 Å². The molecule has 1 heterocycles. The number of thiazole rings is 1. The molecule has 4 nitrogen and oxygen atoms in total. The Balaban J connectivity index is 1.32. The molecule has 1 aromatic heterocycles. The first-order valence-corrected chi connectivity index (χ1v) is 11.4. The van der Waals surface area contributed by atoms with Crippen LogP contribution in [0, 0.1) is 5.92 Å². The van der Waals surface area contributed by atoms with Crippen molar-refractivity contribution < 1.29 is 4.79 Å². The van der Waals surface area contributed by atoms with Crippen molar-refractivity contribution in [2.75, 3.05) is 0 Å². The molecule has 2 aromatic carbocycles. The van der Waals surface area contributed by atoms with E-state index in [-0.39, 0.29) is 5.91 Å². The third kappa shape index (κ3) is 4.80. The summed E-state index contributed by atoms with van der Waals surface area (Å²) < 4.78 is 2.28. The van der Waals surface area contributed by atoms with E-state index in [1.54, 1.807) is 23.1 Å². The summed E-state index contributed by atoms with van der Waals surface area (Å²) in [6, 6.07) is 15.9. The second-order valence-corrected chi connectivity index (χ2v) is 9.51. The maximum atomic E-state index is 12.3. The third-order valence-corrected chi connectivity index (χ3v) is 7.17. The number of fused-ring (bicyclic) bond motifs is 1. The average Bonchev–Trinajstić information content (AvgIpc) is 3.14. The van der Waals surface area contributed by atoms with Gasteiger partial charge in [0.1, 0.15) is 0 Å². The summed E-state index contributed by atoms with van der Waals surface area (Å²) >= 11 is 3.45. The van der Waals surface area contributed by atoms with E-state index in [9.17, 15) is 4.79 Å². The topological polar surface area (TPSA) is 54.4 Å². The zero-order chi connectivity index (χ0) is 19.3. The predicted octanol–water partition coefficient (Wildman–Crippen LogP) is 5.88. The standard InChI is InChI=1S/C22H23N3OS2/c1-15-5-4-6-18(13-15)24-25-21(26)17-11-9-16(10-12-17)14-27-22-23-19-7-2-3-8-20(19)28-22/h2-3,7-12,15H,4-6,13-14H2,1H3,(H,25,26)/b24-18+/t15-/m1/s1. The molecule has 144 valence electrons. The predicted molar refractivity (Wildman–Crippen MR) is 118 cm³/mol. The second kappa shape index (κ2) is 8.88. The molecule has 0 bridgehead atoms. The maximum absolute atomic E-state index is 12.3. The Bertz CT molecular complexity index is 961. The smallest absolute Gasteiger partial charge is 0.267 e. The number of hydrazone groups is 1. The highest BCUT2D eigenvalue weighted by molar-refractivity contribution is 8.00. The lowest BCUT2D eigenvalue weighted by Crippen LogP contribution is -2.22. The summed E-state index contributed by atoms with van der Waals surface area (Å²) in [6.07, 6.45) is 4.40. The van der Waals surface area contributed by atoms with Gasteiger partial charge in [-0.05, 0) is 61.4 Å². The summed E-state index contributed by atoms with van der Waals surface area (Å²) in [5.41, 5.74) is 6.69. The molecule has 1 saturated carbocycles. The minimum Gasteiger partial charge on any atom is -0.267 e. The fourth-order valence-electron chi connectivity index (χ4n) is 3.37. The van der Waals surface area contributed by atoms with Crippen molar-refractivity contribution in [1.82, 2.24) is 10.4 Å². The molecular formula is C22H23N3OS2. The number of nitrogens with one attached hydrogen (secondary N) is 1. The average molecular weight is 410 g/mol. The highest BCUT2D eigenvalue weighted by Gasteiger charge is 2.14. The molecule has 0 aliphatic heterocycles. The van der Waals surface area contributed by atoms with Gasteiger partial charge in [0, 0.05) is 17.0 Å². The number of aromatic nitrogens is 1. The molecule has 6 heteroatoms. The van der Waals surface area contributed by atoms with Crippen molar-refractivity contribution in [3.05, 3.63) is 59.7 Å². The van der Waals surface area contributed by atoms with E-state index in [4.69, 9.17) is 0 Å². The van der Waals surface area contributed by atoms with Gasteiger partial charge in [0.05, 0.1) is 10.2 Å². The van der Waals surface area contributed by atoms with Gasteiger partial charge < -0.3 is 0 Å². The minimum atomic E-state index is -0.142. The van der Waals surface area contributed by atoms with E-state index in [2.05, 4.69) is 28.5 Å². The number of para-hydroxylation sites is 1. The van der Waals surface area contributed by atoms with Crippen molar-refractivity contribution in [1.29, 1.82) is 0 Å². The normalized spacial score (nSPS) is 18.5. The summed E-state index contributed by atoms with van der Waals surface area (Å²) in [5.74, 6) is 1.36. The first-order chi connectivity index (χ1) is 13.7. The SMILES string of the molecule is C[C@@H]1CCC/C(=N\NC(=O)c2ccc(CSc3nc4ccccc4s3)cc2)C1. The Kier molecular flexibility index (Phi) is 6.07. The van der Waals surface area contributed by atoms with Gasteiger partial charge in [0.2, 0.25) is 0 Å². The van der Waals surface area contributed by atoms with E-state index in [1.165, 1.54) is 16.7 Å². The van der Waals surface area contributed by atoms with Gasteiger partial charge in [0.25, 0.3) is 5.91 Å². The number of hydrogen-bond acceptors (Lipinski definition) is 5. The van der Waals surface area contributed by atoms with Gasteiger partial charge in [0.15, 0.2) is 4.34 Å². The number of rotatable bonds is 5. The minimum absolute atomic E-state index is 0.142. The van der Waals surface area contributed by atoms with E-state index in [0.29, 0.717) is 11.5 Å². The van der Waals surface area contributed by atoms with Crippen LogP contribution in [0.1, 0.15) is 48.5 Å². The molecular weight excluding hydrogens is 386 g/mol. The highest BCUT2D eigenvalue weighted by atomic mass is 32.2. The Morgan fingerprint density at radius 2 is 2.07 bits per heavy atom. The van der Waals surface area contributed by atoms with Crippen LogP contribution in [0.4, 0.5) is 0 Å². The van der Waals surface area contributed by atoms with Gasteiger partial charge in [-0.1, -0.05) is 43.0 Å². The first kappa shape index (κ1) is 19.2. The largest absolute Gasteiger partial charge is 0.271 e. The van der Waals surface area contributed by atoms with Crippen LogP contribution in [0.5, 0.6) is 0 Å². The lowest BCUT2D eigenvalue weighted by atomic mass is 9.89. The molecule has 1 amide bonds. The number of hydrogen-bond donors (Lipinski definition) is 1. The molecule has 0 spiro atoms. The Hall–Kier alpha value is -2.18. The molecule has 0 radical (unpaired) electrons. The second-order valence-electron chi connectivity index (χ2n) is 7.25. The fraction of sp³-hybridized carbons (Fsp3) is 0.318. The molecule has 1 aliphatic carbocycles. The van der Waals surface area contributed by atoms with Gasteiger partial charge in [-0.25, -0.2) is 10.4 Å². The van der Waals surface area contributed by atoms with Gasteiger partial charge in [-0.15, -0.1) is 11.3 Å². The molecule has 1 N–H and O–H groups in total. The summed E-state index contributed by atoms with van der Waals surface area (Å²) in [5, 5.41) is 4.34. The Morgan fingerprint density at radius 3 is 2.86 bits per heavy atom. The van der Waals surface area contributed by atoms with Crippen molar-refractivity contribution in [2.24, 2.45) is 11.0 Å². The van der Waals surface area contributed by atoms with E-state index in [1.807, 2.05) is 42.5 Å². The van der Waals surface area contributed by atoms with Crippen LogP contribution in [0.15, 0.2) is 58.0 Å². The van der Waals surface area contributed by atoms with Crippen LogP contribution < -0.4 is 5.43 Å². The van der Waals surface area contributed by atoms with Gasteiger partial charge in [-0.2, -0.15) is 5.10 Å². The number of thioether (sulfide) groups is 1. The molecule has 3 aromatic rings. The van der Waals surface area contributed by atoms with Crippen molar-refractivity contribution >= 4 is 44.9 Å².